The van der Waals surface area contributed by atoms with Gasteiger partial charge >= 0.3 is 6.18 Å². The molecule has 1 aromatic carbocycles. The number of amides is 1. The lowest BCUT2D eigenvalue weighted by Crippen LogP contribution is -2.42. The van der Waals surface area contributed by atoms with Gasteiger partial charge in [-0.05, 0) is 37.5 Å². The van der Waals surface area contributed by atoms with Crippen molar-refractivity contribution in [3.05, 3.63) is 23.8 Å². The summed E-state index contributed by atoms with van der Waals surface area (Å²) in [5, 5.41) is 9.41. The Labute approximate surface area is 123 Å². The molecule has 1 amide bonds. The molecular weight excluding hydrogens is 299 g/mol. The van der Waals surface area contributed by atoms with Crippen LogP contribution >= 0.6 is 0 Å². The third-order valence-corrected chi connectivity index (χ3v) is 3.68. The number of hydrogen-bond acceptors (Lipinski definition) is 4. The van der Waals surface area contributed by atoms with Crippen molar-refractivity contribution >= 4 is 22.7 Å². The maximum atomic E-state index is 12.7. The van der Waals surface area contributed by atoms with Crippen molar-refractivity contribution in [2.45, 2.75) is 31.5 Å². The van der Waals surface area contributed by atoms with Crippen LogP contribution in [0.15, 0.2) is 22.7 Å². The summed E-state index contributed by atoms with van der Waals surface area (Å²) < 4.78 is 43.1. The van der Waals surface area contributed by atoms with Crippen LogP contribution in [0.3, 0.4) is 0 Å². The van der Waals surface area contributed by atoms with Crippen LogP contribution < -0.4 is 10.6 Å². The summed E-state index contributed by atoms with van der Waals surface area (Å²) in [6.45, 7) is -0.0611. The molecule has 0 atom stereocenters. The summed E-state index contributed by atoms with van der Waals surface area (Å²) in [5.41, 5.74) is -0.555. The first-order valence-corrected chi connectivity index (χ1v) is 6.93. The number of carbonyl (C=O) groups excluding carboxylic acids is 1. The molecule has 1 aliphatic carbocycles. The number of alkyl halides is 3. The Morgan fingerprint density at radius 3 is 2.77 bits per heavy atom. The Morgan fingerprint density at radius 2 is 2.14 bits per heavy atom. The predicted molar refractivity (Wildman–Crippen MR) is 73.3 cm³/mol. The van der Waals surface area contributed by atoms with E-state index in [2.05, 4.69) is 15.8 Å². The molecule has 0 bridgehead atoms. The normalized spacial score (nSPS) is 15.6. The molecule has 118 valence electrons. The lowest BCUT2D eigenvalue weighted by molar-refractivity contribution is -0.137. The monoisotopic (exact) mass is 313 g/mol. The smallest absolute Gasteiger partial charge is 0.358 e. The fourth-order valence-electron chi connectivity index (χ4n) is 2.24. The zero-order valence-electron chi connectivity index (χ0n) is 11.5. The number of halogens is 3. The minimum atomic E-state index is -4.44. The summed E-state index contributed by atoms with van der Waals surface area (Å²) in [5.74, 6) is -0.0855. The molecule has 22 heavy (non-hydrogen) atoms. The summed E-state index contributed by atoms with van der Waals surface area (Å²) in [6, 6.07) is 3.31. The minimum Gasteiger partial charge on any atom is -0.358 e. The van der Waals surface area contributed by atoms with Crippen molar-refractivity contribution in [1.82, 2.24) is 10.5 Å². The van der Waals surface area contributed by atoms with Gasteiger partial charge in [-0.1, -0.05) is 5.16 Å². The molecule has 3 rings (SSSR count). The van der Waals surface area contributed by atoms with E-state index in [-0.39, 0.29) is 35.3 Å². The number of rotatable bonds is 4. The Bertz CT molecular complexity index is 692. The van der Waals surface area contributed by atoms with Gasteiger partial charge in [0.05, 0.1) is 17.5 Å². The standard InChI is InChI=1S/C14H14F3N3O2/c15-14(16,17)8-4-5-11-10(6-8)13(20-22-11)18-7-12(21)19-9-2-1-3-9/h4-6,9H,1-3,7H2,(H,18,20)(H,19,21). The zero-order valence-corrected chi connectivity index (χ0v) is 11.5. The van der Waals surface area contributed by atoms with Gasteiger partial charge in [0.25, 0.3) is 0 Å². The third kappa shape index (κ3) is 3.00. The van der Waals surface area contributed by atoms with Crippen LogP contribution in [-0.4, -0.2) is 23.7 Å². The van der Waals surface area contributed by atoms with E-state index in [0.717, 1.165) is 31.4 Å². The molecule has 1 heterocycles. The summed E-state index contributed by atoms with van der Waals surface area (Å²) >= 11 is 0. The van der Waals surface area contributed by atoms with E-state index in [9.17, 15) is 18.0 Å². The molecule has 0 saturated heterocycles. The van der Waals surface area contributed by atoms with Crippen LogP contribution in [0.4, 0.5) is 19.0 Å². The van der Waals surface area contributed by atoms with Gasteiger partial charge in [0, 0.05) is 6.04 Å². The highest BCUT2D eigenvalue weighted by atomic mass is 19.4. The molecule has 0 aliphatic heterocycles. The molecule has 1 aliphatic rings. The zero-order chi connectivity index (χ0) is 15.7. The minimum absolute atomic E-state index is 0.0611. The van der Waals surface area contributed by atoms with Gasteiger partial charge in [-0.3, -0.25) is 4.79 Å². The maximum absolute atomic E-state index is 12.7. The van der Waals surface area contributed by atoms with Crippen LogP contribution in [0.2, 0.25) is 0 Å². The fourth-order valence-corrected chi connectivity index (χ4v) is 2.24. The number of fused-ring (bicyclic) bond motifs is 1. The topological polar surface area (TPSA) is 67.2 Å². The quantitative estimate of drug-likeness (QED) is 0.911. The van der Waals surface area contributed by atoms with Gasteiger partial charge in [-0.25, -0.2) is 0 Å². The molecule has 8 heteroatoms. The molecule has 2 aromatic rings. The first kappa shape index (κ1) is 14.7. The lowest BCUT2D eigenvalue weighted by Gasteiger charge is -2.26. The number of anilines is 1. The van der Waals surface area contributed by atoms with E-state index < -0.39 is 11.7 Å². The molecule has 0 spiro atoms. The fraction of sp³-hybridized carbons (Fsp3) is 0.429. The van der Waals surface area contributed by atoms with Gasteiger partial charge in [0.1, 0.15) is 0 Å². The first-order chi connectivity index (χ1) is 10.4. The maximum Gasteiger partial charge on any atom is 0.416 e. The average Bonchev–Trinajstić information content (AvgIpc) is 2.82. The Balaban J connectivity index is 1.71. The van der Waals surface area contributed by atoms with Crippen LogP contribution in [0.1, 0.15) is 24.8 Å². The van der Waals surface area contributed by atoms with Crippen molar-refractivity contribution in [2.24, 2.45) is 0 Å². The second kappa shape index (κ2) is 5.51. The number of benzene rings is 1. The van der Waals surface area contributed by atoms with E-state index in [1.807, 2.05) is 0 Å². The van der Waals surface area contributed by atoms with Gasteiger partial charge in [-0.2, -0.15) is 13.2 Å². The van der Waals surface area contributed by atoms with Crippen molar-refractivity contribution in [3.63, 3.8) is 0 Å². The average molecular weight is 313 g/mol. The van der Waals surface area contributed by atoms with E-state index in [1.165, 1.54) is 6.07 Å². The van der Waals surface area contributed by atoms with Gasteiger partial charge in [0.2, 0.25) is 5.91 Å². The van der Waals surface area contributed by atoms with Crippen LogP contribution in [0, 0.1) is 0 Å². The van der Waals surface area contributed by atoms with E-state index in [4.69, 9.17) is 4.52 Å². The predicted octanol–water partition coefficient (Wildman–Crippen LogP) is 2.93. The van der Waals surface area contributed by atoms with Gasteiger partial charge in [0.15, 0.2) is 11.4 Å². The van der Waals surface area contributed by atoms with E-state index in [0.29, 0.717) is 0 Å². The Hall–Kier alpha value is -2.25. The van der Waals surface area contributed by atoms with Gasteiger partial charge in [-0.15, -0.1) is 0 Å². The second-order valence-corrected chi connectivity index (χ2v) is 5.29. The summed E-state index contributed by atoms with van der Waals surface area (Å²) in [4.78, 5) is 11.7. The van der Waals surface area contributed by atoms with Crippen molar-refractivity contribution < 1.29 is 22.5 Å². The molecule has 1 saturated carbocycles. The molecule has 1 aromatic heterocycles. The Morgan fingerprint density at radius 1 is 1.36 bits per heavy atom. The number of nitrogens with one attached hydrogen (secondary N) is 2. The van der Waals surface area contributed by atoms with Crippen molar-refractivity contribution in [2.75, 3.05) is 11.9 Å². The van der Waals surface area contributed by atoms with Crippen LogP contribution in [-0.2, 0) is 11.0 Å². The Kier molecular flexibility index (Phi) is 3.67. The third-order valence-electron chi connectivity index (χ3n) is 3.68. The highest BCUT2D eigenvalue weighted by Crippen LogP contribution is 2.33. The molecule has 2 N–H and O–H groups in total. The molecule has 0 radical (unpaired) electrons. The van der Waals surface area contributed by atoms with Crippen molar-refractivity contribution in [3.8, 4) is 0 Å². The van der Waals surface area contributed by atoms with E-state index >= 15 is 0 Å². The van der Waals surface area contributed by atoms with Crippen LogP contribution in [0.25, 0.3) is 11.0 Å². The van der Waals surface area contributed by atoms with E-state index in [1.54, 1.807) is 0 Å². The largest absolute Gasteiger partial charge is 0.416 e. The number of hydrogen-bond donors (Lipinski definition) is 2. The molecular formula is C14H14F3N3O2. The number of aromatic nitrogens is 1. The summed E-state index contributed by atoms with van der Waals surface area (Å²) in [7, 11) is 0. The van der Waals surface area contributed by atoms with Crippen LogP contribution in [0.5, 0.6) is 0 Å². The lowest BCUT2D eigenvalue weighted by atomic mass is 9.93. The SMILES string of the molecule is O=C(CNc1noc2ccc(C(F)(F)F)cc12)NC1CCC1. The molecule has 1 fully saturated rings. The summed E-state index contributed by atoms with van der Waals surface area (Å²) in [6.07, 6.45) is -1.40. The first-order valence-electron chi connectivity index (χ1n) is 6.93. The second-order valence-electron chi connectivity index (χ2n) is 5.29. The number of nitrogens with zero attached hydrogens (tertiary/aromatic N) is 1. The highest BCUT2D eigenvalue weighted by Gasteiger charge is 2.31. The highest BCUT2D eigenvalue weighted by molar-refractivity contribution is 5.90. The van der Waals surface area contributed by atoms with Gasteiger partial charge < -0.3 is 15.2 Å². The number of carbonyl (C=O) groups is 1. The molecule has 0 unspecified atom stereocenters. The molecule has 5 nitrogen and oxygen atoms in total. The van der Waals surface area contributed by atoms with Crippen molar-refractivity contribution in [1.29, 1.82) is 0 Å².